The van der Waals surface area contributed by atoms with Crippen LogP contribution in [-0.4, -0.2) is 39.1 Å². The van der Waals surface area contributed by atoms with Gasteiger partial charge in [-0.25, -0.2) is 4.79 Å². The molecule has 0 aromatic rings. The molecule has 0 saturated heterocycles. The summed E-state index contributed by atoms with van der Waals surface area (Å²) in [5, 5.41) is 5.30. The van der Waals surface area contributed by atoms with E-state index in [2.05, 4.69) is 10.6 Å². The second kappa shape index (κ2) is 6.68. The molecule has 0 fully saturated rings. The predicted octanol–water partition coefficient (Wildman–Crippen LogP) is 0.313. The van der Waals surface area contributed by atoms with Gasteiger partial charge in [0.2, 0.25) is 0 Å². The summed E-state index contributed by atoms with van der Waals surface area (Å²) in [5.74, 6) is 0. The minimum absolute atomic E-state index is 0.128. The third kappa shape index (κ3) is 6.36. The Bertz CT molecular complexity index is 146. The number of nitrogens with one attached hydrogen (secondary N) is 2. The number of methoxy groups -OCH3 is 2. The van der Waals surface area contributed by atoms with Gasteiger partial charge in [0.1, 0.15) is 0 Å². The Morgan fingerprint density at radius 2 is 1.85 bits per heavy atom. The van der Waals surface area contributed by atoms with Crippen LogP contribution in [0.3, 0.4) is 0 Å². The first-order valence-corrected chi connectivity index (χ1v) is 4.20. The first-order valence-electron chi connectivity index (χ1n) is 4.20. The van der Waals surface area contributed by atoms with Crippen molar-refractivity contribution < 1.29 is 14.3 Å². The summed E-state index contributed by atoms with van der Waals surface area (Å²) in [4.78, 5) is 11.1. The second-order valence-corrected chi connectivity index (χ2v) is 2.91. The van der Waals surface area contributed by atoms with Crippen molar-refractivity contribution >= 4 is 6.03 Å². The van der Waals surface area contributed by atoms with Gasteiger partial charge in [-0.2, -0.15) is 0 Å². The molecule has 0 aliphatic carbocycles. The molecule has 0 saturated carbocycles. The fraction of sp³-hybridized carbons (Fsp3) is 0.875. The molecule has 2 N–H and O–H groups in total. The molecule has 0 aliphatic heterocycles. The van der Waals surface area contributed by atoms with Gasteiger partial charge in [0, 0.05) is 20.3 Å². The Kier molecular flexibility index (Phi) is 6.26. The summed E-state index contributed by atoms with van der Waals surface area (Å²) in [6.45, 7) is 4.12. The molecule has 0 radical (unpaired) electrons. The largest absolute Gasteiger partial charge is 0.354 e. The molecule has 0 heterocycles. The Morgan fingerprint density at radius 1 is 1.31 bits per heavy atom. The number of rotatable bonds is 5. The number of hydrogen-bond acceptors (Lipinski definition) is 3. The van der Waals surface area contributed by atoms with Crippen molar-refractivity contribution in [2.24, 2.45) is 0 Å². The van der Waals surface area contributed by atoms with Crippen LogP contribution in [0.1, 0.15) is 13.8 Å². The van der Waals surface area contributed by atoms with E-state index in [1.165, 1.54) is 14.2 Å². The van der Waals surface area contributed by atoms with E-state index in [1.54, 1.807) is 0 Å². The zero-order valence-electron chi connectivity index (χ0n) is 8.59. The highest BCUT2D eigenvalue weighted by atomic mass is 16.7. The zero-order valence-corrected chi connectivity index (χ0v) is 8.59. The van der Waals surface area contributed by atoms with Crippen molar-refractivity contribution in [2.45, 2.75) is 26.2 Å². The minimum Gasteiger partial charge on any atom is -0.354 e. The summed E-state index contributed by atoms with van der Waals surface area (Å²) in [6.07, 6.45) is -0.391. The number of amides is 2. The summed E-state index contributed by atoms with van der Waals surface area (Å²) in [6, 6.07) is -0.0855. The monoisotopic (exact) mass is 190 g/mol. The molecule has 0 aliphatic rings. The summed E-state index contributed by atoms with van der Waals surface area (Å²) >= 11 is 0. The first-order chi connectivity index (χ1) is 6.10. The number of carbonyl (C=O) groups excluding carboxylic acids is 1. The predicted molar refractivity (Wildman–Crippen MR) is 49.5 cm³/mol. The maximum Gasteiger partial charge on any atom is 0.315 e. The molecule has 78 valence electrons. The molecule has 13 heavy (non-hydrogen) atoms. The van der Waals surface area contributed by atoms with E-state index in [-0.39, 0.29) is 12.1 Å². The van der Waals surface area contributed by atoms with Crippen molar-refractivity contribution in [1.82, 2.24) is 10.6 Å². The third-order valence-corrected chi connectivity index (χ3v) is 1.37. The van der Waals surface area contributed by atoms with Crippen molar-refractivity contribution in [3.8, 4) is 0 Å². The Labute approximate surface area is 78.8 Å². The van der Waals surface area contributed by atoms with Crippen LogP contribution < -0.4 is 10.6 Å². The van der Waals surface area contributed by atoms with Gasteiger partial charge >= 0.3 is 6.03 Å². The van der Waals surface area contributed by atoms with Gasteiger partial charge in [-0.1, -0.05) is 0 Å². The second-order valence-electron chi connectivity index (χ2n) is 2.91. The van der Waals surface area contributed by atoms with E-state index in [0.717, 1.165) is 0 Å². The SMILES string of the molecule is COC(CNC(=O)NC(C)C)OC. The smallest absolute Gasteiger partial charge is 0.315 e. The fourth-order valence-corrected chi connectivity index (χ4v) is 0.752. The van der Waals surface area contributed by atoms with Crippen molar-refractivity contribution in [3.63, 3.8) is 0 Å². The van der Waals surface area contributed by atoms with Crippen LogP contribution in [0.4, 0.5) is 4.79 Å². The molecule has 0 spiro atoms. The molecule has 0 unspecified atom stereocenters. The van der Waals surface area contributed by atoms with Gasteiger partial charge in [0.25, 0.3) is 0 Å². The topological polar surface area (TPSA) is 59.6 Å². The third-order valence-electron chi connectivity index (χ3n) is 1.37. The van der Waals surface area contributed by atoms with Gasteiger partial charge in [-0.05, 0) is 13.8 Å². The normalized spacial score (nSPS) is 10.6. The molecule has 0 aromatic heterocycles. The van der Waals surface area contributed by atoms with Crippen LogP contribution in [0, 0.1) is 0 Å². The lowest BCUT2D eigenvalue weighted by atomic mass is 10.4. The lowest BCUT2D eigenvalue weighted by molar-refractivity contribution is -0.0971. The highest BCUT2D eigenvalue weighted by Crippen LogP contribution is 1.87. The fourth-order valence-electron chi connectivity index (χ4n) is 0.752. The van der Waals surface area contributed by atoms with Gasteiger partial charge in [-0.3, -0.25) is 0 Å². The molecular formula is C8H18N2O3. The average molecular weight is 190 g/mol. The van der Waals surface area contributed by atoms with Crippen LogP contribution in [0.5, 0.6) is 0 Å². The zero-order chi connectivity index (χ0) is 10.3. The van der Waals surface area contributed by atoms with E-state index in [4.69, 9.17) is 9.47 Å². The molecule has 0 atom stereocenters. The quantitative estimate of drug-likeness (QED) is 0.613. The van der Waals surface area contributed by atoms with E-state index in [0.29, 0.717) is 6.54 Å². The van der Waals surface area contributed by atoms with Gasteiger partial charge in [0.05, 0.1) is 6.54 Å². The highest BCUT2D eigenvalue weighted by molar-refractivity contribution is 5.74. The maximum atomic E-state index is 11.1. The number of ether oxygens (including phenoxy) is 2. The number of carbonyl (C=O) groups is 1. The average Bonchev–Trinajstić information content (AvgIpc) is 2.05. The van der Waals surface area contributed by atoms with Gasteiger partial charge in [0.15, 0.2) is 6.29 Å². The first kappa shape index (κ1) is 12.2. The van der Waals surface area contributed by atoms with Crippen LogP contribution in [-0.2, 0) is 9.47 Å². The van der Waals surface area contributed by atoms with Gasteiger partial charge < -0.3 is 20.1 Å². The molecule has 5 nitrogen and oxygen atoms in total. The minimum atomic E-state index is -0.391. The lowest BCUT2D eigenvalue weighted by Gasteiger charge is -2.15. The van der Waals surface area contributed by atoms with E-state index in [9.17, 15) is 4.79 Å². The summed E-state index contributed by atoms with van der Waals surface area (Å²) < 4.78 is 9.78. The lowest BCUT2D eigenvalue weighted by Crippen LogP contribution is -2.43. The molecule has 2 amide bonds. The van der Waals surface area contributed by atoms with E-state index >= 15 is 0 Å². The Morgan fingerprint density at radius 3 is 2.23 bits per heavy atom. The standard InChI is InChI=1S/C8H18N2O3/c1-6(2)10-8(11)9-5-7(12-3)13-4/h6-7H,5H2,1-4H3,(H2,9,10,11). The van der Waals surface area contributed by atoms with Crippen molar-refractivity contribution in [2.75, 3.05) is 20.8 Å². The van der Waals surface area contributed by atoms with Crippen LogP contribution >= 0.6 is 0 Å². The highest BCUT2D eigenvalue weighted by Gasteiger charge is 2.07. The number of urea groups is 1. The molecule has 5 heteroatoms. The summed E-state index contributed by atoms with van der Waals surface area (Å²) in [7, 11) is 3.05. The molecular weight excluding hydrogens is 172 g/mol. The van der Waals surface area contributed by atoms with Gasteiger partial charge in [-0.15, -0.1) is 0 Å². The van der Waals surface area contributed by atoms with Crippen LogP contribution in [0.25, 0.3) is 0 Å². The van der Waals surface area contributed by atoms with Crippen molar-refractivity contribution in [3.05, 3.63) is 0 Å². The van der Waals surface area contributed by atoms with Crippen LogP contribution in [0.2, 0.25) is 0 Å². The Balaban J connectivity index is 3.56. The summed E-state index contributed by atoms with van der Waals surface area (Å²) in [5.41, 5.74) is 0. The molecule has 0 rings (SSSR count). The number of hydrogen-bond donors (Lipinski definition) is 2. The molecule has 0 aromatic carbocycles. The van der Waals surface area contributed by atoms with Crippen molar-refractivity contribution in [1.29, 1.82) is 0 Å². The maximum absolute atomic E-state index is 11.1. The molecule has 0 bridgehead atoms. The van der Waals surface area contributed by atoms with Crippen LogP contribution in [0.15, 0.2) is 0 Å². The van der Waals surface area contributed by atoms with E-state index < -0.39 is 6.29 Å². The Hall–Kier alpha value is -0.810. The van der Waals surface area contributed by atoms with E-state index in [1.807, 2.05) is 13.8 Å².